The second-order valence-electron chi connectivity index (χ2n) is 3.49. The molecular formula is C10H10ClN3. The molecule has 72 valence electrons. The topological polar surface area (TPSA) is 39.9 Å². The molecule has 0 spiro atoms. The number of hydrogen-bond acceptors (Lipinski definition) is 3. The quantitative estimate of drug-likeness (QED) is 0.698. The van der Waals surface area contributed by atoms with Crippen LogP contribution in [-0.4, -0.2) is 18.1 Å². The molecule has 2 rings (SSSR count). The van der Waals surface area contributed by atoms with Gasteiger partial charge in [-0.25, -0.2) is 4.98 Å². The van der Waals surface area contributed by atoms with Gasteiger partial charge in [0.25, 0.3) is 0 Å². The van der Waals surface area contributed by atoms with Crippen LogP contribution in [0.5, 0.6) is 0 Å². The van der Waals surface area contributed by atoms with Crippen LogP contribution in [0.3, 0.4) is 0 Å². The van der Waals surface area contributed by atoms with Crippen molar-refractivity contribution in [2.75, 3.05) is 11.9 Å². The molecule has 14 heavy (non-hydrogen) atoms. The number of halogens is 1. The second kappa shape index (κ2) is 3.47. The molecule has 1 aliphatic rings. The van der Waals surface area contributed by atoms with Crippen molar-refractivity contribution < 1.29 is 0 Å². The van der Waals surface area contributed by atoms with E-state index in [9.17, 15) is 0 Å². The van der Waals surface area contributed by atoms with E-state index in [1.807, 2.05) is 7.05 Å². The van der Waals surface area contributed by atoms with E-state index in [0.717, 1.165) is 5.82 Å². The van der Waals surface area contributed by atoms with Crippen LogP contribution in [0.15, 0.2) is 12.1 Å². The average Bonchev–Trinajstić information content (AvgIpc) is 2.99. The molecule has 1 saturated carbocycles. The maximum Gasteiger partial charge on any atom is 0.132 e. The highest BCUT2D eigenvalue weighted by Gasteiger charge is 2.27. The van der Waals surface area contributed by atoms with Crippen molar-refractivity contribution in [3.8, 4) is 6.07 Å². The summed E-state index contributed by atoms with van der Waals surface area (Å²) in [5.74, 6) is 0.788. The molecule has 0 unspecified atom stereocenters. The van der Waals surface area contributed by atoms with Gasteiger partial charge in [-0.3, -0.25) is 0 Å². The number of rotatable bonds is 2. The second-order valence-corrected chi connectivity index (χ2v) is 3.88. The van der Waals surface area contributed by atoms with Crippen molar-refractivity contribution in [2.24, 2.45) is 0 Å². The van der Waals surface area contributed by atoms with Gasteiger partial charge in [0, 0.05) is 13.1 Å². The first-order valence-electron chi connectivity index (χ1n) is 4.51. The lowest BCUT2D eigenvalue weighted by molar-refractivity contribution is 0.892. The van der Waals surface area contributed by atoms with Crippen LogP contribution in [0.2, 0.25) is 5.15 Å². The van der Waals surface area contributed by atoms with Gasteiger partial charge >= 0.3 is 0 Å². The monoisotopic (exact) mass is 207 g/mol. The minimum absolute atomic E-state index is 0.381. The van der Waals surface area contributed by atoms with E-state index in [0.29, 0.717) is 16.8 Å². The van der Waals surface area contributed by atoms with Crippen molar-refractivity contribution in [2.45, 2.75) is 18.9 Å². The maximum absolute atomic E-state index is 8.77. The van der Waals surface area contributed by atoms with Crippen molar-refractivity contribution in [1.82, 2.24) is 4.98 Å². The van der Waals surface area contributed by atoms with Gasteiger partial charge in [0.15, 0.2) is 0 Å². The molecule has 0 saturated heterocycles. The van der Waals surface area contributed by atoms with Crippen LogP contribution in [0.4, 0.5) is 5.82 Å². The minimum atomic E-state index is 0.381. The molecule has 0 atom stereocenters. The summed E-state index contributed by atoms with van der Waals surface area (Å²) in [6.45, 7) is 0. The van der Waals surface area contributed by atoms with Crippen molar-refractivity contribution in [3.05, 3.63) is 22.8 Å². The van der Waals surface area contributed by atoms with Crippen LogP contribution in [-0.2, 0) is 0 Å². The van der Waals surface area contributed by atoms with E-state index >= 15 is 0 Å². The first kappa shape index (κ1) is 9.29. The fraction of sp³-hybridized carbons (Fsp3) is 0.400. The van der Waals surface area contributed by atoms with E-state index in [2.05, 4.69) is 16.0 Å². The van der Waals surface area contributed by atoms with E-state index in [-0.39, 0.29) is 0 Å². The first-order valence-corrected chi connectivity index (χ1v) is 4.89. The Balaban J connectivity index is 2.32. The molecular weight excluding hydrogens is 198 g/mol. The molecule has 1 aromatic heterocycles. The summed E-state index contributed by atoms with van der Waals surface area (Å²) in [5.41, 5.74) is 0.563. The lowest BCUT2D eigenvalue weighted by atomic mass is 10.3. The van der Waals surface area contributed by atoms with Crippen LogP contribution in [0.1, 0.15) is 18.4 Å². The van der Waals surface area contributed by atoms with Crippen LogP contribution in [0.25, 0.3) is 0 Å². The Kier molecular flexibility index (Phi) is 2.30. The highest BCUT2D eigenvalue weighted by Crippen LogP contribution is 2.30. The fourth-order valence-electron chi connectivity index (χ4n) is 1.38. The van der Waals surface area contributed by atoms with Gasteiger partial charge in [-0.2, -0.15) is 5.26 Å². The Morgan fingerprint density at radius 1 is 1.57 bits per heavy atom. The molecule has 0 N–H and O–H groups in total. The molecule has 4 heteroatoms. The van der Waals surface area contributed by atoms with Crippen molar-refractivity contribution in [1.29, 1.82) is 5.26 Å². The minimum Gasteiger partial charge on any atom is -0.357 e. The fourth-order valence-corrected chi connectivity index (χ4v) is 1.58. The lowest BCUT2D eigenvalue weighted by Crippen LogP contribution is -2.20. The molecule has 0 aliphatic heterocycles. The zero-order valence-corrected chi connectivity index (χ0v) is 8.62. The van der Waals surface area contributed by atoms with Gasteiger partial charge in [-0.1, -0.05) is 11.6 Å². The molecule has 3 nitrogen and oxygen atoms in total. The Morgan fingerprint density at radius 3 is 2.86 bits per heavy atom. The summed E-state index contributed by atoms with van der Waals surface area (Å²) in [4.78, 5) is 6.26. The summed E-state index contributed by atoms with van der Waals surface area (Å²) in [7, 11) is 1.98. The lowest BCUT2D eigenvalue weighted by Gasteiger charge is -2.17. The van der Waals surface area contributed by atoms with E-state index in [1.54, 1.807) is 12.1 Å². The van der Waals surface area contributed by atoms with Gasteiger partial charge in [-0.15, -0.1) is 0 Å². The number of nitriles is 1. The van der Waals surface area contributed by atoms with Gasteiger partial charge in [0.2, 0.25) is 0 Å². The number of nitrogens with zero attached hydrogens (tertiary/aromatic N) is 3. The number of aromatic nitrogens is 1. The predicted octanol–water partition coefficient (Wildman–Crippen LogP) is 2.21. The zero-order chi connectivity index (χ0) is 10.1. The first-order chi connectivity index (χ1) is 6.70. The van der Waals surface area contributed by atoms with Crippen molar-refractivity contribution >= 4 is 17.4 Å². The van der Waals surface area contributed by atoms with Crippen LogP contribution >= 0.6 is 11.6 Å². The summed E-state index contributed by atoms with van der Waals surface area (Å²) < 4.78 is 0. The summed E-state index contributed by atoms with van der Waals surface area (Å²) in [5, 5.41) is 9.15. The molecule has 1 fully saturated rings. The third-order valence-electron chi connectivity index (χ3n) is 2.37. The van der Waals surface area contributed by atoms with Crippen molar-refractivity contribution in [3.63, 3.8) is 0 Å². The largest absolute Gasteiger partial charge is 0.357 e. The molecule has 1 aliphatic carbocycles. The Hall–Kier alpha value is -1.27. The summed E-state index contributed by atoms with van der Waals surface area (Å²) in [6, 6.07) is 5.99. The summed E-state index contributed by atoms with van der Waals surface area (Å²) >= 11 is 5.81. The number of hydrogen-bond donors (Lipinski definition) is 0. The van der Waals surface area contributed by atoms with E-state index < -0.39 is 0 Å². The molecule has 0 radical (unpaired) electrons. The normalized spacial score (nSPS) is 14.9. The molecule has 1 aromatic rings. The predicted molar refractivity (Wildman–Crippen MR) is 55.4 cm³/mol. The third-order valence-corrected chi connectivity index (χ3v) is 2.56. The number of pyridine rings is 1. The molecule has 0 bridgehead atoms. The zero-order valence-electron chi connectivity index (χ0n) is 7.87. The molecule has 0 aromatic carbocycles. The Morgan fingerprint density at radius 2 is 2.29 bits per heavy atom. The smallest absolute Gasteiger partial charge is 0.132 e. The SMILES string of the molecule is CN(c1cc(C#N)cc(Cl)n1)C1CC1. The standard InChI is InChI=1S/C10H10ClN3/c1-14(8-2-3-8)10-5-7(6-12)4-9(11)13-10/h4-5,8H,2-3H2,1H3. The maximum atomic E-state index is 8.77. The van der Waals surface area contributed by atoms with Crippen LogP contribution < -0.4 is 4.90 Å². The molecule has 0 amide bonds. The Bertz CT molecular complexity index is 393. The third kappa shape index (κ3) is 1.80. The number of anilines is 1. The van der Waals surface area contributed by atoms with Gasteiger partial charge in [0.05, 0.1) is 11.6 Å². The highest BCUT2D eigenvalue weighted by atomic mass is 35.5. The van der Waals surface area contributed by atoms with Crippen LogP contribution in [0, 0.1) is 11.3 Å². The van der Waals surface area contributed by atoms with E-state index in [4.69, 9.17) is 16.9 Å². The highest BCUT2D eigenvalue weighted by molar-refractivity contribution is 6.29. The van der Waals surface area contributed by atoms with Gasteiger partial charge in [0.1, 0.15) is 11.0 Å². The van der Waals surface area contributed by atoms with Gasteiger partial charge in [-0.05, 0) is 25.0 Å². The van der Waals surface area contributed by atoms with Gasteiger partial charge < -0.3 is 4.90 Å². The molecule has 1 heterocycles. The Labute approximate surface area is 87.9 Å². The van der Waals surface area contributed by atoms with E-state index in [1.165, 1.54) is 12.8 Å². The summed E-state index contributed by atoms with van der Waals surface area (Å²) in [6.07, 6.45) is 2.40. The average molecular weight is 208 g/mol.